The van der Waals surface area contributed by atoms with Crippen LogP contribution in [0, 0.1) is 0 Å². The molecule has 2 heteroatoms. The molecule has 1 heterocycles. The lowest BCUT2D eigenvalue weighted by atomic mass is 9.94. The van der Waals surface area contributed by atoms with Crippen molar-refractivity contribution in [3.8, 4) is 5.75 Å². The lowest BCUT2D eigenvalue weighted by molar-refractivity contribution is 0.181. The molecular weight excluding hydrogens is 188 g/mol. The van der Waals surface area contributed by atoms with Gasteiger partial charge in [-0.2, -0.15) is 0 Å². The van der Waals surface area contributed by atoms with Gasteiger partial charge in [0, 0.05) is 6.42 Å². The highest BCUT2D eigenvalue weighted by molar-refractivity contribution is 5.46. The van der Waals surface area contributed by atoms with Crippen LogP contribution in [0.2, 0.25) is 0 Å². The third-order valence-electron chi connectivity index (χ3n) is 3.59. The highest BCUT2D eigenvalue weighted by Crippen LogP contribution is 2.41. The molecule has 80 valence electrons. The molecule has 0 saturated heterocycles. The van der Waals surface area contributed by atoms with Crippen LogP contribution in [0.4, 0.5) is 0 Å². The summed E-state index contributed by atoms with van der Waals surface area (Å²) in [5.74, 6) is 1.62. The van der Waals surface area contributed by atoms with E-state index in [1.165, 1.54) is 11.1 Å². The zero-order valence-corrected chi connectivity index (χ0v) is 8.78. The summed E-state index contributed by atoms with van der Waals surface area (Å²) in [6.45, 7) is 0.821. The summed E-state index contributed by atoms with van der Waals surface area (Å²) in [5.41, 5.74) is 2.66. The molecule has 0 aromatic heterocycles. The quantitative estimate of drug-likeness (QED) is 0.760. The standard InChI is InChI=1S/C13H16O2/c14-11-5-4-10(8-11)12-3-1-2-9-6-7-15-13(9)12/h1-3,10-11,14H,4-8H2. The Kier molecular flexibility index (Phi) is 2.17. The summed E-state index contributed by atoms with van der Waals surface area (Å²) in [6, 6.07) is 6.43. The third-order valence-corrected chi connectivity index (χ3v) is 3.59. The summed E-state index contributed by atoms with van der Waals surface area (Å²) < 4.78 is 5.70. The summed E-state index contributed by atoms with van der Waals surface area (Å²) in [5, 5.41) is 9.57. The first-order valence-electron chi connectivity index (χ1n) is 5.77. The average Bonchev–Trinajstić information content (AvgIpc) is 2.84. The first kappa shape index (κ1) is 9.22. The largest absolute Gasteiger partial charge is 0.493 e. The third kappa shape index (κ3) is 1.53. The Balaban J connectivity index is 1.95. The van der Waals surface area contributed by atoms with E-state index in [9.17, 15) is 5.11 Å². The van der Waals surface area contributed by atoms with Gasteiger partial charge in [0.2, 0.25) is 0 Å². The number of fused-ring (bicyclic) bond motifs is 1. The minimum absolute atomic E-state index is 0.104. The van der Waals surface area contributed by atoms with Crippen molar-refractivity contribution in [2.24, 2.45) is 0 Å². The Morgan fingerprint density at radius 1 is 1.27 bits per heavy atom. The number of para-hydroxylation sites is 1. The molecule has 15 heavy (non-hydrogen) atoms. The number of benzene rings is 1. The van der Waals surface area contributed by atoms with E-state index in [1.807, 2.05) is 0 Å². The second-order valence-corrected chi connectivity index (χ2v) is 4.60. The number of hydrogen-bond donors (Lipinski definition) is 1. The van der Waals surface area contributed by atoms with Gasteiger partial charge in [-0.05, 0) is 36.3 Å². The normalized spacial score (nSPS) is 28.9. The minimum Gasteiger partial charge on any atom is -0.493 e. The van der Waals surface area contributed by atoms with Crippen molar-refractivity contribution in [1.29, 1.82) is 0 Å². The number of rotatable bonds is 1. The van der Waals surface area contributed by atoms with Crippen molar-refractivity contribution in [2.45, 2.75) is 37.7 Å². The maximum Gasteiger partial charge on any atom is 0.126 e. The van der Waals surface area contributed by atoms with Crippen molar-refractivity contribution in [3.63, 3.8) is 0 Å². The van der Waals surface area contributed by atoms with Gasteiger partial charge >= 0.3 is 0 Å². The molecular formula is C13H16O2. The maximum absolute atomic E-state index is 9.57. The number of hydrogen-bond acceptors (Lipinski definition) is 2. The highest BCUT2D eigenvalue weighted by Gasteiger charge is 2.28. The number of aliphatic hydroxyl groups is 1. The molecule has 2 aliphatic rings. The van der Waals surface area contributed by atoms with Crippen LogP contribution in [0.15, 0.2) is 18.2 Å². The van der Waals surface area contributed by atoms with Crippen molar-refractivity contribution in [1.82, 2.24) is 0 Å². The van der Waals surface area contributed by atoms with Gasteiger partial charge in [0.1, 0.15) is 5.75 Å². The van der Waals surface area contributed by atoms with E-state index >= 15 is 0 Å². The predicted octanol–water partition coefficient (Wildman–Crippen LogP) is 2.25. The summed E-state index contributed by atoms with van der Waals surface area (Å²) in [6.07, 6.45) is 3.88. The van der Waals surface area contributed by atoms with E-state index in [4.69, 9.17) is 4.74 Å². The fourth-order valence-corrected chi connectivity index (χ4v) is 2.80. The number of aliphatic hydroxyl groups excluding tert-OH is 1. The highest BCUT2D eigenvalue weighted by atomic mass is 16.5. The monoisotopic (exact) mass is 204 g/mol. The second-order valence-electron chi connectivity index (χ2n) is 4.60. The average molecular weight is 204 g/mol. The van der Waals surface area contributed by atoms with Crippen molar-refractivity contribution < 1.29 is 9.84 Å². The minimum atomic E-state index is -0.104. The molecule has 0 radical (unpaired) electrons. The first-order chi connectivity index (χ1) is 7.34. The molecule has 1 saturated carbocycles. The van der Waals surface area contributed by atoms with E-state index in [2.05, 4.69) is 18.2 Å². The summed E-state index contributed by atoms with van der Waals surface area (Å²) in [7, 11) is 0. The van der Waals surface area contributed by atoms with Gasteiger partial charge in [-0.3, -0.25) is 0 Å². The molecule has 1 aliphatic heterocycles. The molecule has 2 unspecified atom stereocenters. The van der Waals surface area contributed by atoms with E-state index in [1.54, 1.807) is 0 Å². The molecule has 1 aromatic carbocycles. The van der Waals surface area contributed by atoms with Crippen LogP contribution in [0.25, 0.3) is 0 Å². The Morgan fingerprint density at radius 2 is 2.20 bits per heavy atom. The molecule has 1 aromatic rings. The fourth-order valence-electron chi connectivity index (χ4n) is 2.80. The fraction of sp³-hybridized carbons (Fsp3) is 0.538. The molecule has 2 nitrogen and oxygen atoms in total. The van der Waals surface area contributed by atoms with Crippen LogP contribution in [0.5, 0.6) is 5.75 Å². The van der Waals surface area contributed by atoms with Crippen LogP contribution in [0.3, 0.4) is 0 Å². The maximum atomic E-state index is 9.57. The van der Waals surface area contributed by atoms with Crippen LogP contribution < -0.4 is 4.74 Å². The van der Waals surface area contributed by atoms with Crippen molar-refractivity contribution >= 4 is 0 Å². The van der Waals surface area contributed by atoms with Gasteiger partial charge in [0.15, 0.2) is 0 Å². The van der Waals surface area contributed by atoms with E-state index < -0.39 is 0 Å². The Bertz CT molecular complexity index is 373. The lowest BCUT2D eigenvalue weighted by Gasteiger charge is -2.13. The second kappa shape index (κ2) is 3.53. The van der Waals surface area contributed by atoms with Crippen LogP contribution in [-0.2, 0) is 6.42 Å². The molecule has 0 bridgehead atoms. The molecule has 1 N–H and O–H groups in total. The molecule has 3 rings (SSSR count). The first-order valence-corrected chi connectivity index (χ1v) is 5.77. The zero-order valence-electron chi connectivity index (χ0n) is 8.78. The smallest absolute Gasteiger partial charge is 0.126 e. The topological polar surface area (TPSA) is 29.5 Å². The van der Waals surface area contributed by atoms with Crippen molar-refractivity contribution in [3.05, 3.63) is 29.3 Å². The van der Waals surface area contributed by atoms with Gasteiger partial charge < -0.3 is 9.84 Å². The lowest BCUT2D eigenvalue weighted by Crippen LogP contribution is -2.01. The Hall–Kier alpha value is -1.02. The van der Waals surface area contributed by atoms with Gasteiger partial charge in [-0.1, -0.05) is 18.2 Å². The van der Waals surface area contributed by atoms with Crippen molar-refractivity contribution in [2.75, 3.05) is 6.61 Å². The molecule has 2 atom stereocenters. The van der Waals surface area contributed by atoms with E-state index in [-0.39, 0.29) is 6.10 Å². The van der Waals surface area contributed by atoms with Crippen LogP contribution >= 0.6 is 0 Å². The van der Waals surface area contributed by atoms with Gasteiger partial charge in [-0.25, -0.2) is 0 Å². The van der Waals surface area contributed by atoms with Gasteiger partial charge in [0.25, 0.3) is 0 Å². The summed E-state index contributed by atoms with van der Waals surface area (Å²) in [4.78, 5) is 0. The van der Waals surface area contributed by atoms with E-state index in [0.29, 0.717) is 5.92 Å². The summed E-state index contributed by atoms with van der Waals surface area (Å²) >= 11 is 0. The predicted molar refractivity (Wildman–Crippen MR) is 58.2 cm³/mol. The molecule has 1 fully saturated rings. The molecule has 0 spiro atoms. The molecule has 0 amide bonds. The van der Waals surface area contributed by atoms with Gasteiger partial charge in [0.05, 0.1) is 12.7 Å². The SMILES string of the molecule is OC1CCC(c2cccc3c2OCC3)C1. The van der Waals surface area contributed by atoms with E-state index in [0.717, 1.165) is 38.0 Å². The zero-order chi connectivity index (χ0) is 10.3. The van der Waals surface area contributed by atoms with Crippen LogP contribution in [-0.4, -0.2) is 17.8 Å². The van der Waals surface area contributed by atoms with Gasteiger partial charge in [-0.15, -0.1) is 0 Å². The Morgan fingerprint density at radius 3 is 3.00 bits per heavy atom. The molecule has 1 aliphatic carbocycles. The van der Waals surface area contributed by atoms with Crippen LogP contribution in [0.1, 0.15) is 36.3 Å². The number of ether oxygens (including phenoxy) is 1. The Labute approximate surface area is 89.9 Å².